The van der Waals surface area contributed by atoms with E-state index in [0.29, 0.717) is 30.5 Å². The summed E-state index contributed by atoms with van der Waals surface area (Å²) in [5.74, 6) is 2.76. The van der Waals surface area contributed by atoms with Crippen molar-refractivity contribution >= 4 is 0 Å². The first-order valence-corrected chi connectivity index (χ1v) is 9.81. The van der Waals surface area contributed by atoms with Crippen LogP contribution in [0, 0.1) is 0 Å². The van der Waals surface area contributed by atoms with E-state index in [0.717, 1.165) is 34.2 Å². The number of aromatic nitrogens is 6. The molecule has 0 bridgehead atoms. The summed E-state index contributed by atoms with van der Waals surface area (Å²) >= 11 is 0. The van der Waals surface area contributed by atoms with Gasteiger partial charge in [-0.3, -0.25) is 14.5 Å². The third-order valence-corrected chi connectivity index (χ3v) is 5.20. The molecule has 1 aliphatic rings. The summed E-state index contributed by atoms with van der Waals surface area (Å²) in [5, 5.41) is 8.84. The van der Waals surface area contributed by atoms with Gasteiger partial charge < -0.3 is 9.47 Å². The highest BCUT2D eigenvalue weighted by atomic mass is 16.5. The van der Waals surface area contributed by atoms with Crippen LogP contribution in [-0.4, -0.2) is 55.9 Å². The second-order valence-electron chi connectivity index (χ2n) is 7.25. The van der Waals surface area contributed by atoms with Gasteiger partial charge in [-0.1, -0.05) is 12.1 Å². The Morgan fingerprint density at radius 3 is 2.45 bits per heavy atom. The Hall–Kier alpha value is -3.85. The lowest BCUT2D eigenvalue weighted by Gasteiger charge is -2.13. The average Bonchev–Trinajstić information content (AvgIpc) is 3.15. The maximum Gasteiger partial charge on any atom is 0.213 e. The van der Waals surface area contributed by atoms with E-state index >= 15 is 0 Å². The molecule has 0 atom stereocenters. The third-order valence-electron chi connectivity index (χ3n) is 5.20. The van der Waals surface area contributed by atoms with Crippen LogP contribution in [0.15, 0.2) is 48.8 Å². The zero-order chi connectivity index (χ0) is 21.4. The predicted molar refractivity (Wildman–Crippen MR) is 114 cm³/mol. The van der Waals surface area contributed by atoms with E-state index in [1.807, 2.05) is 48.0 Å². The Morgan fingerprint density at radius 1 is 0.871 bits per heavy atom. The molecule has 0 aliphatic carbocycles. The summed E-state index contributed by atoms with van der Waals surface area (Å²) in [6, 6.07) is 11.5. The number of benzene rings is 1. The summed E-state index contributed by atoms with van der Waals surface area (Å²) in [6.45, 7) is 1.31. The smallest absolute Gasteiger partial charge is 0.213 e. The summed E-state index contributed by atoms with van der Waals surface area (Å²) in [7, 11) is 5.28. The van der Waals surface area contributed by atoms with Gasteiger partial charge in [0.15, 0.2) is 11.6 Å². The van der Waals surface area contributed by atoms with Crippen molar-refractivity contribution in [3.63, 3.8) is 0 Å². The van der Waals surface area contributed by atoms with E-state index in [4.69, 9.17) is 9.47 Å². The van der Waals surface area contributed by atoms with E-state index in [1.54, 1.807) is 26.6 Å². The molecule has 0 radical (unpaired) electrons. The molecule has 9 nitrogen and oxygen atoms in total. The molecule has 1 aromatic carbocycles. The number of pyridine rings is 1. The predicted octanol–water partition coefficient (Wildman–Crippen LogP) is 2.75. The highest BCUT2D eigenvalue weighted by molar-refractivity contribution is 5.67. The van der Waals surface area contributed by atoms with Crippen molar-refractivity contribution in [1.29, 1.82) is 0 Å². The van der Waals surface area contributed by atoms with E-state index in [2.05, 4.69) is 30.0 Å². The number of rotatable bonds is 4. The molecule has 0 saturated heterocycles. The highest BCUT2D eigenvalue weighted by Gasteiger charge is 2.25. The van der Waals surface area contributed by atoms with Crippen molar-refractivity contribution in [3.8, 4) is 40.1 Å². The molecule has 0 N–H and O–H groups in total. The Morgan fingerprint density at radius 2 is 1.68 bits per heavy atom. The van der Waals surface area contributed by atoms with Gasteiger partial charge >= 0.3 is 0 Å². The fraction of sp³-hybridized carbons (Fsp3) is 0.227. The van der Waals surface area contributed by atoms with Gasteiger partial charge in [-0.15, -0.1) is 10.2 Å². The summed E-state index contributed by atoms with van der Waals surface area (Å²) < 4.78 is 12.8. The standard InChI is InChI=1S/C22H21N7O2/c1-28-12-17-18(8-9-21(25-17)31-3)29-20(13-28)26-27-22(29)16-11-23-15(10-24-16)14-6-4-5-7-19(14)30-2/h4-11H,12-13H2,1-3H3. The number of ether oxygens (including phenoxy) is 2. The van der Waals surface area contributed by atoms with Crippen molar-refractivity contribution in [1.82, 2.24) is 34.6 Å². The van der Waals surface area contributed by atoms with E-state index in [-0.39, 0.29) is 0 Å². The topological polar surface area (TPSA) is 91.1 Å². The summed E-state index contributed by atoms with van der Waals surface area (Å²) in [4.78, 5) is 16.0. The van der Waals surface area contributed by atoms with Crippen molar-refractivity contribution in [3.05, 3.63) is 60.3 Å². The molecule has 5 rings (SSSR count). The van der Waals surface area contributed by atoms with Crippen LogP contribution in [0.1, 0.15) is 11.5 Å². The Bertz CT molecular complexity index is 1240. The monoisotopic (exact) mass is 415 g/mol. The lowest BCUT2D eigenvalue weighted by molar-refractivity contribution is 0.309. The SMILES string of the molecule is COc1ccc2c(n1)CN(C)Cc1nnc(-c3cnc(-c4ccccc4OC)cn3)n1-2. The lowest BCUT2D eigenvalue weighted by Crippen LogP contribution is -2.17. The van der Waals surface area contributed by atoms with Crippen molar-refractivity contribution in [2.75, 3.05) is 21.3 Å². The summed E-state index contributed by atoms with van der Waals surface area (Å²) in [5.41, 5.74) is 4.04. The second-order valence-corrected chi connectivity index (χ2v) is 7.25. The largest absolute Gasteiger partial charge is 0.496 e. The molecule has 0 unspecified atom stereocenters. The maximum atomic E-state index is 5.44. The van der Waals surface area contributed by atoms with Crippen LogP contribution in [0.2, 0.25) is 0 Å². The second kappa shape index (κ2) is 7.77. The van der Waals surface area contributed by atoms with Crippen LogP contribution in [0.4, 0.5) is 0 Å². The van der Waals surface area contributed by atoms with Gasteiger partial charge in [-0.25, -0.2) is 9.97 Å². The lowest BCUT2D eigenvalue weighted by atomic mass is 10.1. The zero-order valence-electron chi connectivity index (χ0n) is 17.5. The number of methoxy groups -OCH3 is 2. The number of fused-ring (bicyclic) bond motifs is 3. The van der Waals surface area contributed by atoms with E-state index < -0.39 is 0 Å². The molecule has 0 amide bonds. The Balaban J connectivity index is 1.59. The van der Waals surface area contributed by atoms with Crippen LogP contribution in [0.5, 0.6) is 11.6 Å². The first-order chi connectivity index (χ1) is 15.2. The zero-order valence-corrected chi connectivity index (χ0v) is 17.5. The minimum atomic E-state index is 0.575. The molecule has 31 heavy (non-hydrogen) atoms. The molecular weight excluding hydrogens is 394 g/mol. The molecule has 3 aromatic heterocycles. The van der Waals surface area contributed by atoms with E-state index in [1.165, 1.54) is 0 Å². The van der Waals surface area contributed by atoms with Crippen LogP contribution in [-0.2, 0) is 13.1 Å². The minimum absolute atomic E-state index is 0.575. The summed E-state index contributed by atoms with van der Waals surface area (Å²) in [6.07, 6.45) is 3.44. The van der Waals surface area contributed by atoms with E-state index in [9.17, 15) is 0 Å². The number of hydrogen-bond acceptors (Lipinski definition) is 8. The van der Waals surface area contributed by atoms with Crippen molar-refractivity contribution in [2.24, 2.45) is 0 Å². The third kappa shape index (κ3) is 3.38. The van der Waals surface area contributed by atoms with Gasteiger partial charge in [0.1, 0.15) is 11.4 Å². The normalized spacial score (nSPS) is 13.3. The Kier molecular flexibility index (Phi) is 4.79. The maximum absolute atomic E-state index is 5.44. The molecule has 4 aromatic rings. The molecule has 156 valence electrons. The highest BCUT2D eigenvalue weighted by Crippen LogP contribution is 2.30. The first kappa shape index (κ1) is 19.1. The van der Waals surface area contributed by atoms with Gasteiger partial charge in [-0.2, -0.15) is 0 Å². The minimum Gasteiger partial charge on any atom is -0.496 e. The number of nitrogens with zero attached hydrogens (tertiary/aromatic N) is 7. The van der Waals surface area contributed by atoms with Crippen LogP contribution < -0.4 is 9.47 Å². The molecule has 9 heteroatoms. The fourth-order valence-corrected chi connectivity index (χ4v) is 3.74. The number of hydrogen-bond donors (Lipinski definition) is 0. The quantitative estimate of drug-likeness (QED) is 0.503. The van der Waals surface area contributed by atoms with Gasteiger partial charge in [0.25, 0.3) is 0 Å². The number of para-hydroxylation sites is 1. The van der Waals surface area contributed by atoms with Crippen molar-refractivity contribution in [2.45, 2.75) is 13.1 Å². The van der Waals surface area contributed by atoms with Gasteiger partial charge in [0.2, 0.25) is 5.88 Å². The molecule has 0 saturated carbocycles. The molecule has 1 aliphatic heterocycles. The Labute approximate surface area is 179 Å². The molecule has 0 fully saturated rings. The van der Waals surface area contributed by atoms with Gasteiger partial charge in [-0.05, 0) is 25.2 Å². The van der Waals surface area contributed by atoms with Crippen molar-refractivity contribution < 1.29 is 9.47 Å². The van der Waals surface area contributed by atoms with Gasteiger partial charge in [0.05, 0.1) is 50.2 Å². The fourth-order valence-electron chi connectivity index (χ4n) is 3.74. The van der Waals surface area contributed by atoms with Crippen LogP contribution in [0.3, 0.4) is 0 Å². The van der Waals surface area contributed by atoms with Crippen LogP contribution >= 0.6 is 0 Å². The average molecular weight is 415 g/mol. The molecule has 4 heterocycles. The molecule has 0 spiro atoms. The molecular formula is C22H21N7O2. The first-order valence-electron chi connectivity index (χ1n) is 9.81. The van der Waals surface area contributed by atoms with Gasteiger partial charge in [0, 0.05) is 18.2 Å². The van der Waals surface area contributed by atoms with Crippen LogP contribution in [0.25, 0.3) is 28.5 Å².